The van der Waals surface area contributed by atoms with E-state index in [4.69, 9.17) is 0 Å². The number of hydrogen-bond donors (Lipinski definition) is 1. The molecule has 0 saturated carbocycles. The zero-order valence-electron chi connectivity index (χ0n) is 9.71. The molecule has 0 aliphatic heterocycles. The van der Waals surface area contributed by atoms with Crippen LogP contribution in [-0.4, -0.2) is 30.7 Å². The molecule has 0 aliphatic carbocycles. The maximum atomic E-state index is 11.6. The van der Waals surface area contributed by atoms with E-state index in [-0.39, 0.29) is 18.1 Å². The maximum Gasteiger partial charge on any atom is 0.226 e. The van der Waals surface area contributed by atoms with Crippen LogP contribution >= 0.6 is 11.5 Å². The number of nitrogens with one attached hydrogen (secondary N) is 1. The molecule has 1 amide bonds. The Bertz CT molecular complexity index is 676. The molecule has 1 heterocycles. The standard InChI is InChI=1S/C11H12N2O3S2/c1-18(15,16)7-6-10(14)12-11-8-4-2-3-5-9(8)17-13-11/h2-5H,6-7H2,1H3,(H,12,13,14). The highest BCUT2D eigenvalue weighted by atomic mass is 32.2. The van der Waals surface area contributed by atoms with E-state index in [1.54, 1.807) is 0 Å². The largest absolute Gasteiger partial charge is 0.309 e. The van der Waals surface area contributed by atoms with Gasteiger partial charge in [-0.3, -0.25) is 4.79 Å². The number of nitrogens with zero attached hydrogens (tertiary/aromatic N) is 1. The van der Waals surface area contributed by atoms with Crippen molar-refractivity contribution in [1.82, 2.24) is 4.37 Å². The van der Waals surface area contributed by atoms with Gasteiger partial charge in [0.2, 0.25) is 5.91 Å². The monoisotopic (exact) mass is 284 g/mol. The molecule has 0 atom stereocenters. The normalized spacial score (nSPS) is 11.6. The van der Waals surface area contributed by atoms with E-state index < -0.39 is 9.84 Å². The third kappa shape index (κ3) is 3.27. The van der Waals surface area contributed by atoms with Gasteiger partial charge in [-0.25, -0.2) is 8.42 Å². The van der Waals surface area contributed by atoms with Crippen LogP contribution in [0.1, 0.15) is 6.42 Å². The van der Waals surface area contributed by atoms with Crippen molar-refractivity contribution < 1.29 is 13.2 Å². The Morgan fingerprint density at radius 3 is 2.83 bits per heavy atom. The molecule has 0 bridgehead atoms. The minimum atomic E-state index is -3.12. The lowest BCUT2D eigenvalue weighted by Crippen LogP contribution is -2.16. The molecular weight excluding hydrogens is 272 g/mol. The van der Waals surface area contributed by atoms with E-state index in [0.717, 1.165) is 16.3 Å². The van der Waals surface area contributed by atoms with Crippen LogP contribution < -0.4 is 5.32 Å². The van der Waals surface area contributed by atoms with Crippen LogP contribution in [0.15, 0.2) is 24.3 Å². The molecule has 0 fully saturated rings. The van der Waals surface area contributed by atoms with Gasteiger partial charge in [0.05, 0.1) is 10.5 Å². The molecule has 96 valence electrons. The number of hydrogen-bond acceptors (Lipinski definition) is 5. The average Bonchev–Trinajstić information content (AvgIpc) is 2.70. The number of rotatable bonds is 4. The summed E-state index contributed by atoms with van der Waals surface area (Å²) in [4.78, 5) is 11.6. The highest BCUT2D eigenvalue weighted by molar-refractivity contribution is 7.90. The SMILES string of the molecule is CS(=O)(=O)CCC(=O)Nc1nsc2ccccc12. The summed E-state index contributed by atoms with van der Waals surface area (Å²) in [7, 11) is -3.12. The van der Waals surface area contributed by atoms with Gasteiger partial charge < -0.3 is 5.32 Å². The summed E-state index contributed by atoms with van der Waals surface area (Å²) in [6.07, 6.45) is 1.06. The molecule has 0 saturated heterocycles. The summed E-state index contributed by atoms with van der Waals surface area (Å²) >= 11 is 1.30. The zero-order valence-corrected chi connectivity index (χ0v) is 11.3. The molecule has 1 aromatic carbocycles. The Kier molecular flexibility index (Phi) is 3.63. The molecular formula is C11H12N2O3S2. The molecule has 0 unspecified atom stereocenters. The molecule has 0 spiro atoms. The van der Waals surface area contributed by atoms with Crippen molar-refractivity contribution in [1.29, 1.82) is 0 Å². The Morgan fingerprint density at radius 1 is 1.39 bits per heavy atom. The molecule has 1 aromatic heterocycles. The van der Waals surface area contributed by atoms with Crippen molar-refractivity contribution in [2.24, 2.45) is 0 Å². The predicted octanol–water partition coefficient (Wildman–Crippen LogP) is 1.67. The van der Waals surface area contributed by atoms with Crippen LogP contribution in [0.2, 0.25) is 0 Å². The number of anilines is 1. The second-order valence-electron chi connectivity index (χ2n) is 3.96. The van der Waals surface area contributed by atoms with Gasteiger partial charge in [0.15, 0.2) is 5.82 Å². The van der Waals surface area contributed by atoms with Crippen LogP contribution in [0.25, 0.3) is 10.1 Å². The Hall–Kier alpha value is -1.47. The molecule has 7 heteroatoms. The summed E-state index contributed by atoms with van der Waals surface area (Å²) in [5.74, 6) is 0.00606. The van der Waals surface area contributed by atoms with Crippen molar-refractivity contribution >= 4 is 43.2 Å². The fourth-order valence-electron chi connectivity index (χ4n) is 1.45. The maximum absolute atomic E-state index is 11.6. The summed E-state index contributed by atoms with van der Waals surface area (Å²) in [6.45, 7) is 0. The number of fused-ring (bicyclic) bond motifs is 1. The molecule has 2 aromatic rings. The number of aromatic nitrogens is 1. The lowest BCUT2D eigenvalue weighted by molar-refractivity contribution is -0.115. The first kappa shape index (κ1) is 13.0. The molecule has 5 nitrogen and oxygen atoms in total. The summed E-state index contributed by atoms with van der Waals surface area (Å²) in [5.41, 5.74) is 0. The van der Waals surface area contributed by atoms with Crippen LogP contribution in [-0.2, 0) is 14.6 Å². The van der Waals surface area contributed by atoms with Gasteiger partial charge in [-0.15, -0.1) is 0 Å². The van der Waals surface area contributed by atoms with Crippen LogP contribution in [0, 0.1) is 0 Å². The van der Waals surface area contributed by atoms with E-state index in [0.29, 0.717) is 5.82 Å². The number of carbonyl (C=O) groups is 1. The summed E-state index contributed by atoms with van der Waals surface area (Å²) < 4.78 is 27.0. The topological polar surface area (TPSA) is 76.1 Å². The second-order valence-corrected chi connectivity index (χ2v) is 7.02. The molecule has 0 radical (unpaired) electrons. The number of amides is 1. The minimum Gasteiger partial charge on any atom is -0.309 e. The first-order valence-electron chi connectivity index (χ1n) is 5.28. The molecule has 18 heavy (non-hydrogen) atoms. The lowest BCUT2D eigenvalue weighted by atomic mass is 10.2. The van der Waals surface area contributed by atoms with Crippen LogP contribution in [0.3, 0.4) is 0 Å². The number of carbonyl (C=O) groups excluding carboxylic acids is 1. The van der Waals surface area contributed by atoms with Crippen molar-refractivity contribution in [2.75, 3.05) is 17.3 Å². The van der Waals surface area contributed by atoms with Crippen LogP contribution in [0.4, 0.5) is 5.82 Å². The Morgan fingerprint density at radius 2 is 2.11 bits per heavy atom. The van der Waals surface area contributed by atoms with E-state index in [9.17, 15) is 13.2 Å². The van der Waals surface area contributed by atoms with Gasteiger partial charge in [-0.1, -0.05) is 12.1 Å². The van der Waals surface area contributed by atoms with Gasteiger partial charge in [-0.05, 0) is 23.7 Å². The number of sulfone groups is 1. The third-order valence-electron chi connectivity index (χ3n) is 2.34. The van der Waals surface area contributed by atoms with Crippen molar-refractivity contribution in [2.45, 2.75) is 6.42 Å². The first-order valence-corrected chi connectivity index (χ1v) is 8.11. The first-order chi connectivity index (χ1) is 8.46. The highest BCUT2D eigenvalue weighted by Crippen LogP contribution is 2.26. The van der Waals surface area contributed by atoms with Gasteiger partial charge in [-0.2, -0.15) is 4.37 Å². The molecule has 1 N–H and O–H groups in total. The fraction of sp³-hybridized carbons (Fsp3) is 0.273. The predicted molar refractivity (Wildman–Crippen MR) is 72.6 cm³/mol. The van der Waals surface area contributed by atoms with E-state index in [1.165, 1.54) is 11.5 Å². The summed E-state index contributed by atoms with van der Waals surface area (Å²) in [6, 6.07) is 7.54. The smallest absolute Gasteiger partial charge is 0.226 e. The molecule has 0 aliphatic rings. The third-order valence-corrected chi connectivity index (χ3v) is 4.11. The minimum absolute atomic E-state index is 0.0509. The quantitative estimate of drug-likeness (QED) is 0.926. The second kappa shape index (κ2) is 5.03. The van der Waals surface area contributed by atoms with Gasteiger partial charge in [0, 0.05) is 18.1 Å². The van der Waals surface area contributed by atoms with Crippen molar-refractivity contribution in [3.05, 3.63) is 24.3 Å². The number of benzene rings is 1. The average molecular weight is 284 g/mol. The molecule has 2 rings (SSSR count). The van der Waals surface area contributed by atoms with Crippen molar-refractivity contribution in [3.63, 3.8) is 0 Å². The Labute approximate surface area is 109 Å². The van der Waals surface area contributed by atoms with Gasteiger partial charge in [0.1, 0.15) is 9.84 Å². The van der Waals surface area contributed by atoms with E-state index >= 15 is 0 Å². The fourth-order valence-corrected chi connectivity index (χ4v) is 2.74. The van der Waals surface area contributed by atoms with Gasteiger partial charge in [0.25, 0.3) is 0 Å². The van der Waals surface area contributed by atoms with E-state index in [1.807, 2.05) is 24.3 Å². The summed E-state index contributed by atoms with van der Waals surface area (Å²) in [5, 5.41) is 3.50. The zero-order chi connectivity index (χ0) is 13.2. The van der Waals surface area contributed by atoms with Crippen LogP contribution in [0.5, 0.6) is 0 Å². The van der Waals surface area contributed by atoms with Crippen molar-refractivity contribution in [3.8, 4) is 0 Å². The van der Waals surface area contributed by atoms with E-state index in [2.05, 4.69) is 9.69 Å². The highest BCUT2D eigenvalue weighted by Gasteiger charge is 2.11. The Balaban J connectivity index is 2.08. The lowest BCUT2D eigenvalue weighted by Gasteiger charge is -2.01. The van der Waals surface area contributed by atoms with Gasteiger partial charge >= 0.3 is 0 Å².